The number of nitrogens with two attached hydrogens (primary N) is 1. The molecule has 1 atom stereocenters. The largest absolute Gasteiger partial charge is 0.317 e. The topological polar surface area (TPSA) is 26.0 Å². The summed E-state index contributed by atoms with van der Waals surface area (Å²) >= 11 is 7.86. The summed E-state index contributed by atoms with van der Waals surface area (Å²) in [6.07, 6.45) is 0. The van der Waals surface area contributed by atoms with Crippen LogP contribution >= 0.6 is 25.3 Å². The van der Waals surface area contributed by atoms with Gasteiger partial charge in [0, 0.05) is 5.75 Å². The summed E-state index contributed by atoms with van der Waals surface area (Å²) in [4.78, 5) is -0.400. The number of hydrogen-bond acceptors (Lipinski definition) is 3. The lowest BCUT2D eigenvalue weighted by atomic mass is 10.4. The van der Waals surface area contributed by atoms with Crippen molar-refractivity contribution >= 4 is 25.3 Å². The quantitative estimate of drug-likeness (QED) is 0.344. The summed E-state index contributed by atoms with van der Waals surface area (Å²) in [7, 11) is 0. The van der Waals surface area contributed by atoms with Gasteiger partial charge in [-0.3, -0.25) is 0 Å². The van der Waals surface area contributed by atoms with Gasteiger partial charge < -0.3 is 5.73 Å². The van der Waals surface area contributed by atoms with Crippen LogP contribution in [0.25, 0.3) is 0 Å². The Balaban J connectivity index is 3.17. The molecule has 6 heavy (non-hydrogen) atoms. The highest BCUT2D eigenvalue weighted by Gasteiger charge is 2.05. The van der Waals surface area contributed by atoms with Crippen molar-refractivity contribution in [3.63, 3.8) is 0 Å². The lowest BCUT2D eigenvalue weighted by Gasteiger charge is -2.11. The van der Waals surface area contributed by atoms with Gasteiger partial charge in [0.05, 0.1) is 4.87 Å². The van der Waals surface area contributed by atoms with Crippen LogP contribution in [0.5, 0.6) is 0 Å². The first-order valence-electron chi connectivity index (χ1n) is 1.68. The fourth-order valence-electron chi connectivity index (χ4n) is 0. The van der Waals surface area contributed by atoms with Crippen LogP contribution in [0.1, 0.15) is 6.92 Å². The molecule has 0 aliphatic heterocycles. The van der Waals surface area contributed by atoms with Crippen molar-refractivity contribution in [3.05, 3.63) is 0 Å². The second-order valence-corrected chi connectivity index (χ2v) is 2.85. The van der Waals surface area contributed by atoms with Crippen molar-refractivity contribution in [2.45, 2.75) is 11.8 Å². The van der Waals surface area contributed by atoms with E-state index in [9.17, 15) is 0 Å². The van der Waals surface area contributed by atoms with Gasteiger partial charge in [-0.05, 0) is 6.92 Å². The zero-order valence-corrected chi connectivity index (χ0v) is 5.47. The first-order chi connectivity index (χ1) is 2.56. The van der Waals surface area contributed by atoms with Gasteiger partial charge in [-0.2, -0.15) is 25.3 Å². The summed E-state index contributed by atoms with van der Waals surface area (Å²) in [5, 5.41) is 0. The van der Waals surface area contributed by atoms with Crippen LogP contribution in [-0.2, 0) is 0 Å². The molecule has 0 aromatic heterocycles. The van der Waals surface area contributed by atoms with Gasteiger partial charge in [-0.25, -0.2) is 0 Å². The van der Waals surface area contributed by atoms with E-state index >= 15 is 0 Å². The Morgan fingerprint density at radius 3 is 2.00 bits per heavy atom. The van der Waals surface area contributed by atoms with E-state index in [-0.39, 0.29) is 0 Å². The van der Waals surface area contributed by atoms with E-state index in [1.165, 1.54) is 0 Å². The lowest BCUT2D eigenvalue weighted by molar-refractivity contribution is 0.782. The molecule has 1 nitrogen and oxygen atoms in total. The van der Waals surface area contributed by atoms with Gasteiger partial charge in [-0.1, -0.05) is 0 Å². The van der Waals surface area contributed by atoms with E-state index in [0.29, 0.717) is 5.75 Å². The molecule has 1 unspecified atom stereocenters. The molecule has 0 aromatic rings. The minimum absolute atomic E-state index is 0.400. The zero-order chi connectivity index (χ0) is 5.21. The average Bonchev–Trinajstić information content (AvgIpc) is 1.35. The Kier molecular flexibility index (Phi) is 2.33. The third kappa shape index (κ3) is 4.66. The van der Waals surface area contributed by atoms with Crippen molar-refractivity contribution < 1.29 is 0 Å². The molecule has 0 radical (unpaired) electrons. The molecule has 0 aliphatic carbocycles. The molecule has 0 fully saturated rings. The van der Waals surface area contributed by atoms with Crippen LogP contribution in [0.3, 0.4) is 0 Å². The molecule has 0 saturated heterocycles. The van der Waals surface area contributed by atoms with E-state index in [4.69, 9.17) is 5.73 Å². The Bertz CT molecular complexity index is 38.5. The molecule has 0 aliphatic rings. The van der Waals surface area contributed by atoms with Crippen LogP contribution < -0.4 is 5.73 Å². The highest BCUT2D eigenvalue weighted by Crippen LogP contribution is 2.04. The maximum absolute atomic E-state index is 5.32. The lowest BCUT2D eigenvalue weighted by Crippen LogP contribution is -2.30. The SMILES string of the molecule is CC(N)(S)CS. The van der Waals surface area contributed by atoms with Crippen LogP contribution in [0.4, 0.5) is 0 Å². The average molecular weight is 123 g/mol. The Morgan fingerprint density at radius 2 is 2.00 bits per heavy atom. The summed E-state index contributed by atoms with van der Waals surface area (Å²) < 4.78 is 0. The first kappa shape index (κ1) is 6.66. The van der Waals surface area contributed by atoms with Gasteiger partial charge in [-0.15, -0.1) is 0 Å². The summed E-state index contributed by atoms with van der Waals surface area (Å²) in [5.74, 6) is 0.607. The second kappa shape index (κ2) is 2.09. The molecule has 2 N–H and O–H groups in total. The molecule has 0 spiro atoms. The molecule has 0 saturated carbocycles. The van der Waals surface area contributed by atoms with Gasteiger partial charge >= 0.3 is 0 Å². The minimum Gasteiger partial charge on any atom is -0.317 e. The maximum atomic E-state index is 5.32. The zero-order valence-electron chi connectivity index (χ0n) is 3.68. The standard InChI is InChI=1S/C3H9NS2/c1-3(4,6)2-5/h5-6H,2,4H2,1H3. The van der Waals surface area contributed by atoms with Crippen molar-refractivity contribution in [2.75, 3.05) is 5.75 Å². The summed E-state index contributed by atoms with van der Waals surface area (Å²) in [6.45, 7) is 1.81. The molecule has 3 heteroatoms. The fraction of sp³-hybridized carbons (Fsp3) is 1.00. The molecule has 0 amide bonds. The molecule has 0 heterocycles. The summed E-state index contributed by atoms with van der Waals surface area (Å²) in [5.41, 5.74) is 5.32. The molecule has 0 bridgehead atoms. The second-order valence-electron chi connectivity index (χ2n) is 1.52. The fourth-order valence-corrected chi connectivity index (χ4v) is 0. The minimum atomic E-state index is -0.400. The third-order valence-electron chi connectivity index (χ3n) is 0.320. The Morgan fingerprint density at radius 1 is 1.83 bits per heavy atom. The van der Waals surface area contributed by atoms with Crippen LogP contribution in [0.2, 0.25) is 0 Å². The van der Waals surface area contributed by atoms with E-state index in [1.54, 1.807) is 0 Å². The van der Waals surface area contributed by atoms with Crippen molar-refractivity contribution in [2.24, 2.45) is 5.73 Å². The smallest absolute Gasteiger partial charge is 0.0651 e. The molecule has 0 rings (SSSR count). The number of thiol groups is 2. The molecule has 0 aromatic carbocycles. The highest BCUT2D eigenvalue weighted by atomic mass is 32.1. The van der Waals surface area contributed by atoms with Crippen LogP contribution in [0.15, 0.2) is 0 Å². The predicted molar refractivity (Wildman–Crippen MR) is 35.4 cm³/mol. The third-order valence-corrected chi connectivity index (χ3v) is 1.38. The van der Waals surface area contributed by atoms with E-state index in [2.05, 4.69) is 25.3 Å². The van der Waals surface area contributed by atoms with Crippen molar-refractivity contribution in [1.82, 2.24) is 0 Å². The van der Waals surface area contributed by atoms with Gasteiger partial charge in [0.15, 0.2) is 0 Å². The van der Waals surface area contributed by atoms with Gasteiger partial charge in [0.1, 0.15) is 0 Å². The Labute approximate surface area is 49.1 Å². The van der Waals surface area contributed by atoms with E-state index in [0.717, 1.165) is 0 Å². The predicted octanol–water partition coefficient (Wildman–Crippen LogP) is 0.521. The van der Waals surface area contributed by atoms with Crippen LogP contribution in [0, 0.1) is 0 Å². The van der Waals surface area contributed by atoms with Crippen LogP contribution in [-0.4, -0.2) is 10.6 Å². The van der Waals surface area contributed by atoms with E-state index in [1.807, 2.05) is 6.92 Å². The van der Waals surface area contributed by atoms with E-state index < -0.39 is 4.87 Å². The normalized spacial score (nSPS) is 20.0. The molecular weight excluding hydrogens is 114 g/mol. The Hall–Kier alpha value is 0.660. The first-order valence-corrected chi connectivity index (χ1v) is 2.76. The van der Waals surface area contributed by atoms with Crippen molar-refractivity contribution in [3.8, 4) is 0 Å². The monoisotopic (exact) mass is 123 g/mol. The molecule has 38 valence electrons. The number of rotatable bonds is 1. The maximum Gasteiger partial charge on any atom is 0.0651 e. The van der Waals surface area contributed by atoms with Gasteiger partial charge in [0.25, 0.3) is 0 Å². The number of hydrogen-bond donors (Lipinski definition) is 3. The van der Waals surface area contributed by atoms with Crippen molar-refractivity contribution in [1.29, 1.82) is 0 Å². The van der Waals surface area contributed by atoms with Gasteiger partial charge in [0.2, 0.25) is 0 Å². The summed E-state index contributed by atoms with van der Waals surface area (Å²) in [6, 6.07) is 0. The molecular formula is C3H9NS2. The highest BCUT2D eigenvalue weighted by molar-refractivity contribution is 7.85.